The quantitative estimate of drug-likeness (QED) is 0.202. The highest BCUT2D eigenvalue weighted by molar-refractivity contribution is 7.15. The van der Waals surface area contributed by atoms with Crippen molar-refractivity contribution in [2.24, 2.45) is 5.92 Å². The van der Waals surface area contributed by atoms with Crippen LogP contribution in [0.3, 0.4) is 0 Å². The fourth-order valence-electron chi connectivity index (χ4n) is 3.33. The van der Waals surface area contributed by atoms with Crippen LogP contribution in [0.2, 0.25) is 0 Å². The van der Waals surface area contributed by atoms with Gasteiger partial charge in [0.1, 0.15) is 5.69 Å². The monoisotopic (exact) mass is 572 g/mol. The number of para-hydroxylation sites is 1. The third-order valence-electron chi connectivity index (χ3n) is 5.11. The molecule has 0 unspecified atom stereocenters. The molecule has 0 aliphatic heterocycles. The predicted octanol–water partition coefficient (Wildman–Crippen LogP) is 7.32. The third-order valence-corrected chi connectivity index (χ3v) is 6.62. The molecule has 0 spiro atoms. The maximum Gasteiger partial charge on any atom is 0.434 e. The number of nitrogens with zero attached hydrogens (tertiary/aromatic N) is 3. The van der Waals surface area contributed by atoms with Gasteiger partial charge in [0, 0.05) is 22.5 Å². The van der Waals surface area contributed by atoms with E-state index < -0.39 is 24.4 Å². The smallest absolute Gasteiger partial charge is 0.434 e. The van der Waals surface area contributed by atoms with Crippen molar-refractivity contribution in [3.05, 3.63) is 57.8 Å². The lowest BCUT2D eigenvalue weighted by molar-refractivity contribution is -0.140. The minimum Gasteiger partial charge on any atom is -0.489 e. The maximum absolute atomic E-state index is 13.1. The summed E-state index contributed by atoms with van der Waals surface area (Å²) in [6, 6.07) is 4.52. The molecule has 1 N–H and O–H groups in total. The second-order valence-electron chi connectivity index (χ2n) is 8.31. The molecule has 202 valence electrons. The first-order valence-corrected chi connectivity index (χ1v) is 13.0. The van der Waals surface area contributed by atoms with Crippen molar-refractivity contribution in [3.8, 4) is 11.5 Å². The molecule has 0 aliphatic rings. The van der Waals surface area contributed by atoms with Crippen molar-refractivity contribution in [3.63, 3.8) is 0 Å². The Kier molecular flexibility index (Phi) is 8.31. The SMILES string of the molecule is CC(C)CCOc1c(/C=C/c2nc3sccn3c2C(=O)Nc2nc(C(F)(F)F)cs2)cccc1OC(F)F. The Morgan fingerprint density at radius 2 is 1.97 bits per heavy atom. The van der Waals surface area contributed by atoms with Crippen LogP contribution in [0.1, 0.15) is 47.7 Å². The number of hydrogen-bond acceptors (Lipinski definition) is 7. The van der Waals surface area contributed by atoms with Crippen molar-refractivity contribution < 1.29 is 36.2 Å². The Morgan fingerprint density at radius 3 is 2.66 bits per heavy atom. The Morgan fingerprint density at radius 1 is 1.18 bits per heavy atom. The molecule has 0 aliphatic carbocycles. The Bertz CT molecular complexity index is 1440. The van der Waals surface area contributed by atoms with Gasteiger partial charge in [-0.05, 0) is 30.6 Å². The molecule has 7 nitrogen and oxygen atoms in total. The molecule has 0 atom stereocenters. The van der Waals surface area contributed by atoms with E-state index >= 15 is 0 Å². The Balaban J connectivity index is 1.65. The van der Waals surface area contributed by atoms with Gasteiger partial charge in [-0.15, -0.1) is 22.7 Å². The van der Waals surface area contributed by atoms with Gasteiger partial charge < -0.3 is 9.47 Å². The predicted molar refractivity (Wildman–Crippen MR) is 135 cm³/mol. The highest BCUT2D eigenvalue weighted by Gasteiger charge is 2.34. The molecule has 38 heavy (non-hydrogen) atoms. The van der Waals surface area contributed by atoms with E-state index in [1.165, 1.54) is 40.0 Å². The van der Waals surface area contributed by atoms with Crippen LogP contribution >= 0.6 is 22.7 Å². The van der Waals surface area contributed by atoms with Crippen LogP contribution in [0.4, 0.5) is 27.1 Å². The van der Waals surface area contributed by atoms with Crippen LogP contribution in [0.25, 0.3) is 17.1 Å². The van der Waals surface area contributed by atoms with Crippen molar-refractivity contribution >= 4 is 50.8 Å². The fraction of sp³-hybridized carbons (Fsp3) is 0.292. The lowest BCUT2D eigenvalue weighted by Crippen LogP contribution is -2.15. The van der Waals surface area contributed by atoms with E-state index in [-0.39, 0.29) is 34.6 Å². The topological polar surface area (TPSA) is 77.8 Å². The van der Waals surface area contributed by atoms with Gasteiger partial charge in [0.25, 0.3) is 5.91 Å². The lowest BCUT2D eigenvalue weighted by atomic mass is 10.1. The number of ether oxygens (including phenoxy) is 2. The van der Waals surface area contributed by atoms with Gasteiger partial charge >= 0.3 is 12.8 Å². The number of alkyl halides is 5. The summed E-state index contributed by atoms with van der Waals surface area (Å²) in [5, 5.41) is 4.67. The fourth-order valence-corrected chi connectivity index (χ4v) is 4.77. The van der Waals surface area contributed by atoms with Crippen LogP contribution in [-0.4, -0.2) is 33.5 Å². The number of thiazole rings is 2. The third kappa shape index (κ3) is 6.48. The molecule has 0 bridgehead atoms. The molecule has 3 heterocycles. The lowest BCUT2D eigenvalue weighted by Gasteiger charge is -2.15. The van der Waals surface area contributed by atoms with Crippen molar-refractivity contribution in [1.82, 2.24) is 14.4 Å². The molecule has 1 aromatic carbocycles. The number of amides is 1. The number of anilines is 1. The zero-order chi connectivity index (χ0) is 27.4. The number of nitrogens with one attached hydrogen (secondary N) is 1. The number of carbonyl (C=O) groups excluding carboxylic acids is 1. The normalized spacial score (nSPS) is 12.2. The molecule has 4 rings (SSSR count). The molecule has 0 saturated heterocycles. The average Bonchev–Trinajstić information content (AvgIpc) is 3.54. The number of aromatic nitrogens is 3. The molecule has 4 aromatic rings. The number of halogens is 5. The van der Waals surface area contributed by atoms with E-state index in [0.717, 1.165) is 5.38 Å². The number of imidazole rings is 1. The molecular weight excluding hydrogens is 551 g/mol. The minimum atomic E-state index is -4.64. The van der Waals surface area contributed by atoms with Crippen molar-refractivity contribution in [2.45, 2.75) is 33.1 Å². The van der Waals surface area contributed by atoms with Gasteiger partial charge in [0.05, 0.1) is 12.3 Å². The van der Waals surface area contributed by atoms with E-state index in [1.54, 1.807) is 17.6 Å². The summed E-state index contributed by atoms with van der Waals surface area (Å²) in [4.78, 5) is 21.4. The van der Waals surface area contributed by atoms with Crippen molar-refractivity contribution in [2.75, 3.05) is 11.9 Å². The standard InChI is InChI=1S/C24H21F5N4O3S2/c1-13(2)8-10-35-19-14(4-3-5-16(19)36-21(25)26)6-7-15-18(33-9-11-37-23(33)30-15)20(34)32-22-31-17(12-38-22)24(27,28)29/h3-7,9,11-13,21H,8,10H2,1-2H3,(H,31,32,34)/b7-6+. The van der Waals surface area contributed by atoms with Crippen LogP contribution < -0.4 is 14.8 Å². The van der Waals surface area contributed by atoms with Gasteiger partial charge in [-0.3, -0.25) is 14.5 Å². The molecule has 1 amide bonds. The minimum absolute atomic E-state index is 0.0588. The summed E-state index contributed by atoms with van der Waals surface area (Å²) in [5.41, 5.74) is -0.439. The first-order valence-electron chi connectivity index (χ1n) is 11.2. The molecule has 0 radical (unpaired) electrons. The summed E-state index contributed by atoms with van der Waals surface area (Å²) in [6.07, 6.45) is 0.675. The molecular formula is C24H21F5N4O3S2. The summed E-state index contributed by atoms with van der Waals surface area (Å²) in [6.45, 7) is 1.21. The zero-order valence-electron chi connectivity index (χ0n) is 20.0. The first-order chi connectivity index (χ1) is 18.0. The van der Waals surface area contributed by atoms with Gasteiger partial charge in [0.2, 0.25) is 0 Å². The molecule has 14 heteroatoms. The number of carbonyl (C=O) groups is 1. The number of benzene rings is 1. The van der Waals surface area contributed by atoms with Crippen molar-refractivity contribution in [1.29, 1.82) is 0 Å². The average molecular weight is 573 g/mol. The van der Waals surface area contributed by atoms with Gasteiger partial charge in [-0.2, -0.15) is 22.0 Å². The first kappa shape index (κ1) is 27.5. The maximum atomic E-state index is 13.1. The highest BCUT2D eigenvalue weighted by atomic mass is 32.1. The summed E-state index contributed by atoms with van der Waals surface area (Å²) in [5.74, 6) is -0.429. The summed E-state index contributed by atoms with van der Waals surface area (Å²) in [7, 11) is 0. The van der Waals surface area contributed by atoms with Crippen LogP contribution in [-0.2, 0) is 6.18 Å². The number of fused-ring (bicyclic) bond motifs is 1. The van der Waals surface area contributed by atoms with Gasteiger partial charge in [-0.25, -0.2) is 9.97 Å². The van der Waals surface area contributed by atoms with Gasteiger partial charge in [-0.1, -0.05) is 26.0 Å². The van der Waals surface area contributed by atoms with Crippen LogP contribution in [0, 0.1) is 5.92 Å². The zero-order valence-corrected chi connectivity index (χ0v) is 21.6. The molecule has 0 fully saturated rings. The van der Waals surface area contributed by atoms with Crippen LogP contribution in [0.5, 0.6) is 11.5 Å². The summed E-state index contributed by atoms with van der Waals surface area (Å²) >= 11 is 1.89. The number of rotatable bonds is 10. The summed E-state index contributed by atoms with van der Waals surface area (Å²) < 4.78 is 76.6. The Hall–Kier alpha value is -3.52. The highest BCUT2D eigenvalue weighted by Crippen LogP contribution is 2.35. The van der Waals surface area contributed by atoms with E-state index in [2.05, 4.69) is 20.0 Å². The molecule has 3 aromatic heterocycles. The van der Waals surface area contributed by atoms with Gasteiger partial charge in [0.15, 0.2) is 27.3 Å². The van der Waals surface area contributed by atoms with E-state index in [0.29, 0.717) is 34.2 Å². The molecule has 0 saturated carbocycles. The second-order valence-corrected chi connectivity index (χ2v) is 10.0. The van der Waals surface area contributed by atoms with E-state index in [1.807, 2.05) is 13.8 Å². The second kappa shape index (κ2) is 11.5. The number of hydrogen-bond donors (Lipinski definition) is 1. The van der Waals surface area contributed by atoms with E-state index in [4.69, 9.17) is 4.74 Å². The Labute approximate surface area is 221 Å². The van der Waals surface area contributed by atoms with E-state index in [9.17, 15) is 26.7 Å². The largest absolute Gasteiger partial charge is 0.489 e. The van der Waals surface area contributed by atoms with Crippen LogP contribution in [0.15, 0.2) is 35.2 Å².